The molecule has 1 unspecified atom stereocenters. The summed E-state index contributed by atoms with van der Waals surface area (Å²) in [7, 11) is 0. The lowest BCUT2D eigenvalue weighted by atomic mass is 10.0. The van der Waals surface area contributed by atoms with Gasteiger partial charge in [-0.2, -0.15) is 0 Å². The van der Waals surface area contributed by atoms with E-state index in [2.05, 4.69) is 18.7 Å². The van der Waals surface area contributed by atoms with Crippen molar-refractivity contribution in [2.24, 2.45) is 0 Å². The zero-order valence-electron chi connectivity index (χ0n) is 10.8. The van der Waals surface area contributed by atoms with Gasteiger partial charge in [0.1, 0.15) is 0 Å². The lowest BCUT2D eigenvalue weighted by Crippen LogP contribution is -2.31. The van der Waals surface area contributed by atoms with E-state index < -0.39 is 0 Å². The van der Waals surface area contributed by atoms with Gasteiger partial charge < -0.3 is 4.90 Å². The highest BCUT2D eigenvalue weighted by Gasteiger charge is 2.19. The van der Waals surface area contributed by atoms with E-state index in [0.717, 1.165) is 6.04 Å². The molecule has 1 aliphatic rings. The molecule has 0 N–H and O–H groups in total. The Labute approximate surface area is 96.2 Å². The second-order valence-corrected chi connectivity index (χ2v) is 5.01. The average Bonchev–Trinajstić information content (AvgIpc) is 2.77. The van der Waals surface area contributed by atoms with Crippen molar-refractivity contribution in [3.05, 3.63) is 0 Å². The van der Waals surface area contributed by atoms with Gasteiger partial charge in [-0.05, 0) is 38.8 Å². The number of unbranched alkanes of at least 4 members (excludes halogenated alkanes) is 4. The van der Waals surface area contributed by atoms with Crippen molar-refractivity contribution < 1.29 is 0 Å². The van der Waals surface area contributed by atoms with Crippen LogP contribution in [0.3, 0.4) is 0 Å². The van der Waals surface area contributed by atoms with Crippen molar-refractivity contribution in [1.82, 2.24) is 4.90 Å². The third kappa shape index (κ3) is 5.01. The SMILES string of the molecule is CCCCCCCC(CC)N1CCCC1. The number of rotatable bonds is 8. The number of likely N-dealkylation sites (tertiary alicyclic amines) is 1. The Bertz CT molecular complexity index is 138. The Balaban J connectivity index is 2.05. The minimum absolute atomic E-state index is 0.897. The summed E-state index contributed by atoms with van der Waals surface area (Å²) in [6.07, 6.45) is 12.8. The van der Waals surface area contributed by atoms with Gasteiger partial charge in [0.25, 0.3) is 0 Å². The highest BCUT2D eigenvalue weighted by Crippen LogP contribution is 2.19. The molecular weight excluding hydrogens is 182 g/mol. The maximum Gasteiger partial charge on any atom is 0.00926 e. The standard InChI is InChI=1S/C14H29N/c1-3-5-6-7-8-11-14(4-2)15-12-9-10-13-15/h14H,3-13H2,1-2H3. The van der Waals surface area contributed by atoms with Crippen molar-refractivity contribution in [2.75, 3.05) is 13.1 Å². The molecule has 90 valence electrons. The van der Waals surface area contributed by atoms with Crippen LogP contribution in [0.15, 0.2) is 0 Å². The largest absolute Gasteiger partial charge is 0.300 e. The van der Waals surface area contributed by atoms with Crippen molar-refractivity contribution in [2.45, 2.75) is 77.7 Å². The predicted octanol–water partition coefficient (Wildman–Crippen LogP) is 4.22. The van der Waals surface area contributed by atoms with Crippen molar-refractivity contribution in [3.8, 4) is 0 Å². The van der Waals surface area contributed by atoms with E-state index in [0.29, 0.717) is 0 Å². The average molecular weight is 211 g/mol. The fraction of sp³-hybridized carbons (Fsp3) is 1.00. The van der Waals surface area contributed by atoms with E-state index >= 15 is 0 Å². The van der Waals surface area contributed by atoms with Crippen LogP contribution >= 0.6 is 0 Å². The Hall–Kier alpha value is -0.0400. The van der Waals surface area contributed by atoms with Gasteiger partial charge in [0.2, 0.25) is 0 Å². The van der Waals surface area contributed by atoms with Gasteiger partial charge in [0.15, 0.2) is 0 Å². The van der Waals surface area contributed by atoms with Crippen LogP contribution < -0.4 is 0 Å². The van der Waals surface area contributed by atoms with Crippen LogP contribution in [0.1, 0.15) is 71.6 Å². The second-order valence-electron chi connectivity index (χ2n) is 5.01. The Morgan fingerprint density at radius 3 is 2.20 bits per heavy atom. The smallest absolute Gasteiger partial charge is 0.00926 e. The molecule has 1 fully saturated rings. The first-order chi connectivity index (χ1) is 7.38. The summed E-state index contributed by atoms with van der Waals surface area (Å²) in [6.45, 7) is 7.38. The van der Waals surface area contributed by atoms with Crippen LogP contribution in [0.2, 0.25) is 0 Å². The number of hydrogen-bond donors (Lipinski definition) is 0. The van der Waals surface area contributed by atoms with E-state index in [4.69, 9.17) is 0 Å². The van der Waals surface area contributed by atoms with Crippen molar-refractivity contribution in [1.29, 1.82) is 0 Å². The first-order valence-electron chi connectivity index (χ1n) is 7.12. The Morgan fingerprint density at radius 2 is 1.60 bits per heavy atom. The van der Waals surface area contributed by atoms with Gasteiger partial charge in [-0.25, -0.2) is 0 Å². The van der Waals surface area contributed by atoms with Gasteiger partial charge >= 0.3 is 0 Å². The van der Waals surface area contributed by atoms with Gasteiger partial charge in [-0.1, -0.05) is 46.0 Å². The summed E-state index contributed by atoms with van der Waals surface area (Å²) >= 11 is 0. The van der Waals surface area contributed by atoms with Crippen LogP contribution in [-0.4, -0.2) is 24.0 Å². The second kappa shape index (κ2) is 8.15. The van der Waals surface area contributed by atoms with E-state index in [1.165, 1.54) is 70.9 Å². The van der Waals surface area contributed by atoms with Gasteiger partial charge in [0, 0.05) is 6.04 Å². The minimum atomic E-state index is 0.897. The highest BCUT2D eigenvalue weighted by molar-refractivity contribution is 4.75. The third-order valence-corrected chi connectivity index (χ3v) is 3.77. The van der Waals surface area contributed by atoms with Crippen molar-refractivity contribution >= 4 is 0 Å². The van der Waals surface area contributed by atoms with Crippen LogP contribution in [0, 0.1) is 0 Å². The van der Waals surface area contributed by atoms with Crippen molar-refractivity contribution in [3.63, 3.8) is 0 Å². The zero-order valence-corrected chi connectivity index (χ0v) is 10.8. The fourth-order valence-electron chi connectivity index (χ4n) is 2.74. The summed E-state index contributed by atoms with van der Waals surface area (Å²) in [6, 6.07) is 0.897. The highest BCUT2D eigenvalue weighted by atomic mass is 15.2. The summed E-state index contributed by atoms with van der Waals surface area (Å²) in [4.78, 5) is 2.72. The van der Waals surface area contributed by atoms with E-state index in [1.54, 1.807) is 0 Å². The molecule has 0 spiro atoms. The Morgan fingerprint density at radius 1 is 0.933 bits per heavy atom. The summed E-state index contributed by atoms with van der Waals surface area (Å²) in [5, 5.41) is 0. The lowest BCUT2D eigenvalue weighted by Gasteiger charge is -2.26. The molecule has 0 aromatic heterocycles. The molecule has 0 aromatic rings. The first kappa shape index (κ1) is 13.0. The molecule has 1 saturated heterocycles. The van der Waals surface area contributed by atoms with Gasteiger partial charge in [0.05, 0.1) is 0 Å². The maximum absolute atomic E-state index is 2.72. The normalized spacial score (nSPS) is 19.6. The molecule has 0 radical (unpaired) electrons. The summed E-state index contributed by atoms with van der Waals surface area (Å²) in [5.74, 6) is 0. The van der Waals surface area contributed by atoms with E-state index in [-0.39, 0.29) is 0 Å². The maximum atomic E-state index is 2.72. The van der Waals surface area contributed by atoms with Crippen LogP contribution in [0.25, 0.3) is 0 Å². The monoisotopic (exact) mass is 211 g/mol. The molecule has 1 heteroatoms. The molecule has 1 nitrogen and oxygen atoms in total. The zero-order chi connectivity index (χ0) is 10.9. The van der Waals surface area contributed by atoms with Crippen LogP contribution in [0.5, 0.6) is 0 Å². The molecular formula is C14H29N. The predicted molar refractivity (Wildman–Crippen MR) is 68.3 cm³/mol. The van der Waals surface area contributed by atoms with Gasteiger partial charge in [-0.15, -0.1) is 0 Å². The molecule has 15 heavy (non-hydrogen) atoms. The molecule has 1 atom stereocenters. The minimum Gasteiger partial charge on any atom is -0.300 e. The molecule has 0 amide bonds. The quantitative estimate of drug-likeness (QED) is 0.543. The molecule has 0 bridgehead atoms. The van der Waals surface area contributed by atoms with Crippen LogP contribution in [0.4, 0.5) is 0 Å². The number of hydrogen-bond acceptors (Lipinski definition) is 1. The Kier molecular flexibility index (Phi) is 7.08. The molecule has 0 aliphatic carbocycles. The summed E-state index contributed by atoms with van der Waals surface area (Å²) < 4.78 is 0. The lowest BCUT2D eigenvalue weighted by molar-refractivity contribution is 0.219. The molecule has 1 heterocycles. The first-order valence-corrected chi connectivity index (χ1v) is 7.12. The summed E-state index contributed by atoms with van der Waals surface area (Å²) in [5.41, 5.74) is 0. The molecule has 0 aromatic carbocycles. The topological polar surface area (TPSA) is 3.24 Å². The molecule has 0 saturated carbocycles. The fourth-order valence-corrected chi connectivity index (χ4v) is 2.74. The molecule has 1 rings (SSSR count). The molecule has 1 aliphatic heterocycles. The van der Waals surface area contributed by atoms with Crippen LogP contribution in [-0.2, 0) is 0 Å². The third-order valence-electron chi connectivity index (χ3n) is 3.77. The van der Waals surface area contributed by atoms with E-state index in [1.807, 2.05) is 0 Å². The number of nitrogens with zero attached hydrogens (tertiary/aromatic N) is 1. The van der Waals surface area contributed by atoms with Gasteiger partial charge in [-0.3, -0.25) is 0 Å². The van der Waals surface area contributed by atoms with E-state index in [9.17, 15) is 0 Å².